The fourth-order valence-corrected chi connectivity index (χ4v) is 4.25. The summed E-state index contributed by atoms with van der Waals surface area (Å²) in [6, 6.07) is 7.25. The molecular weight excluding hydrogens is 338 g/mol. The van der Waals surface area contributed by atoms with Gasteiger partial charge in [-0.25, -0.2) is 13.1 Å². The molecule has 0 aliphatic carbocycles. The zero-order chi connectivity index (χ0) is 18.6. The summed E-state index contributed by atoms with van der Waals surface area (Å²) in [5, 5.41) is 0. The lowest BCUT2D eigenvalue weighted by atomic mass is 10.2. The molecule has 0 aromatic heterocycles. The fraction of sp³-hybridized carbons (Fsp3) is 0.611. The van der Waals surface area contributed by atoms with Crippen LogP contribution in [0.2, 0.25) is 0 Å². The van der Waals surface area contributed by atoms with Gasteiger partial charge in [-0.1, -0.05) is 0 Å². The predicted molar refractivity (Wildman–Crippen MR) is 100 cm³/mol. The molecule has 1 aromatic rings. The van der Waals surface area contributed by atoms with E-state index in [1.54, 1.807) is 29.2 Å². The monoisotopic (exact) mass is 367 g/mol. The minimum absolute atomic E-state index is 0.0937. The lowest BCUT2D eigenvalue weighted by Crippen LogP contribution is -2.42. The van der Waals surface area contributed by atoms with Crippen LogP contribution in [-0.4, -0.2) is 50.9 Å². The fourth-order valence-electron chi connectivity index (χ4n) is 3.23. The highest BCUT2D eigenvalue weighted by Gasteiger charge is 2.22. The van der Waals surface area contributed by atoms with E-state index in [4.69, 9.17) is 0 Å². The Bertz CT molecular complexity index is 676. The van der Waals surface area contributed by atoms with Gasteiger partial charge in [0.05, 0.1) is 4.90 Å². The molecule has 140 valence electrons. The third-order valence-electron chi connectivity index (χ3n) is 4.52. The average molecular weight is 368 g/mol. The summed E-state index contributed by atoms with van der Waals surface area (Å²) in [5.74, 6) is 0.0937. The molecule has 1 saturated heterocycles. The van der Waals surface area contributed by atoms with E-state index in [2.05, 4.69) is 37.3 Å². The number of sulfonamides is 1. The van der Waals surface area contributed by atoms with Crippen LogP contribution in [0.4, 0.5) is 5.69 Å². The quantitative estimate of drug-likeness (QED) is 0.765. The van der Waals surface area contributed by atoms with Gasteiger partial charge in [-0.2, -0.15) is 0 Å². The molecular formula is C18H29N3O3S. The van der Waals surface area contributed by atoms with Gasteiger partial charge in [0, 0.05) is 43.8 Å². The molecule has 0 atom stereocenters. The van der Waals surface area contributed by atoms with Gasteiger partial charge in [0.15, 0.2) is 0 Å². The molecule has 0 saturated carbocycles. The molecule has 1 aliphatic heterocycles. The van der Waals surface area contributed by atoms with Crippen molar-refractivity contribution in [2.24, 2.45) is 0 Å². The summed E-state index contributed by atoms with van der Waals surface area (Å²) in [7, 11) is -3.54. The number of nitrogens with one attached hydrogen (secondary N) is 1. The van der Waals surface area contributed by atoms with Crippen molar-refractivity contribution in [2.75, 3.05) is 24.5 Å². The molecule has 25 heavy (non-hydrogen) atoms. The largest absolute Gasteiger partial charge is 0.312 e. The van der Waals surface area contributed by atoms with E-state index in [9.17, 15) is 13.2 Å². The van der Waals surface area contributed by atoms with E-state index in [-0.39, 0.29) is 10.8 Å². The maximum Gasteiger partial charge on any atom is 0.240 e. The lowest BCUT2D eigenvalue weighted by Gasteiger charge is -2.30. The van der Waals surface area contributed by atoms with Crippen LogP contribution in [0.25, 0.3) is 0 Å². The lowest BCUT2D eigenvalue weighted by molar-refractivity contribution is -0.117. The SMILES string of the molecule is CC(C)N(CCNS(=O)(=O)c1ccc(N2CCCC2=O)cc1)C(C)C. The number of rotatable bonds is 8. The Labute approximate surface area is 151 Å². The topological polar surface area (TPSA) is 69.7 Å². The summed E-state index contributed by atoms with van der Waals surface area (Å²) >= 11 is 0. The van der Waals surface area contributed by atoms with Crippen LogP contribution in [0.3, 0.4) is 0 Å². The van der Waals surface area contributed by atoms with Crippen LogP contribution >= 0.6 is 0 Å². The van der Waals surface area contributed by atoms with Crippen LogP contribution in [-0.2, 0) is 14.8 Å². The number of nitrogens with zero attached hydrogens (tertiary/aromatic N) is 2. The molecule has 1 heterocycles. The van der Waals surface area contributed by atoms with Gasteiger partial charge in [0.25, 0.3) is 0 Å². The highest BCUT2D eigenvalue weighted by Crippen LogP contribution is 2.22. The molecule has 0 spiro atoms. The van der Waals surface area contributed by atoms with E-state index >= 15 is 0 Å². The molecule has 0 unspecified atom stereocenters. The number of anilines is 1. The van der Waals surface area contributed by atoms with Crippen molar-refractivity contribution in [2.45, 2.75) is 57.5 Å². The first-order valence-electron chi connectivity index (χ1n) is 8.88. The third kappa shape index (κ3) is 5.03. The minimum Gasteiger partial charge on any atom is -0.312 e. The predicted octanol–water partition coefficient (Wildman–Crippen LogP) is 2.21. The number of carbonyl (C=O) groups is 1. The third-order valence-corrected chi connectivity index (χ3v) is 6.00. The van der Waals surface area contributed by atoms with Crippen LogP contribution in [0.15, 0.2) is 29.2 Å². The first-order valence-corrected chi connectivity index (χ1v) is 10.4. The average Bonchev–Trinajstić information content (AvgIpc) is 2.97. The molecule has 7 heteroatoms. The zero-order valence-electron chi connectivity index (χ0n) is 15.5. The van der Waals surface area contributed by atoms with Gasteiger partial charge in [0.1, 0.15) is 0 Å². The first-order chi connectivity index (χ1) is 11.7. The number of benzene rings is 1. The second-order valence-corrected chi connectivity index (χ2v) is 8.73. The van der Waals surface area contributed by atoms with Crippen molar-refractivity contribution in [3.05, 3.63) is 24.3 Å². The van der Waals surface area contributed by atoms with Crippen molar-refractivity contribution in [3.63, 3.8) is 0 Å². The van der Waals surface area contributed by atoms with Crippen LogP contribution < -0.4 is 9.62 Å². The molecule has 1 N–H and O–H groups in total. The Morgan fingerprint density at radius 3 is 2.20 bits per heavy atom. The summed E-state index contributed by atoms with van der Waals surface area (Å²) in [6.07, 6.45) is 1.41. The molecule has 0 bridgehead atoms. The van der Waals surface area contributed by atoms with Gasteiger partial charge in [-0.05, 0) is 58.4 Å². The molecule has 0 radical (unpaired) electrons. The molecule has 1 fully saturated rings. The zero-order valence-corrected chi connectivity index (χ0v) is 16.3. The number of hydrogen-bond acceptors (Lipinski definition) is 4. The maximum absolute atomic E-state index is 12.4. The standard InChI is InChI=1S/C18H29N3O3S/c1-14(2)20(15(3)4)13-11-19-25(23,24)17-9-7-16(8-10-17)21-12-5-6-18(21)22/h7-10,14-15,19H,5-6,11-13H2,1-4H3. The molecule has 2 rings (SSSR count). The molecule has 1 aromatic carbocycles. The number of hydrogen-bond donors (Lipinski definition) is 1. The molecule has 1 amide bonds. The molecule has 1 aliphatic rings. The van der Waals surface area contributed by atoms with Crippen LogP contribution in [0.1, 0.15) is 40.5 Å². The van der Waals surface area contributed by atoms with Crippen molar-refractivity contribution in [1.82, 2.24) is 9.62 Å². The van der Waals surface area contributed by atoms with Gasteiger partial charge in [-0.15, -0.1) is 0 Å². The Morgan fingerprint density at radius 2 is 1.72 bits per heavy atom. The Hall–Kier alpha value is -1.44. The van der Waals surface area contributed by atoms with Crippen molar-refractivity contribution >= 4 is 21.6 Å². The second kappa shape index (κ2) is 8.29. The highest BCUT2D eigenvalue weighted by atomic mass is 32.2. The van der Waals surface area contributed by atoms with Gasteiger partial charge >= 0.3 is 0 Å². The van der Waals surface area contributed by atoms with E-state index in [0.717, 1.165) is 12.1 Å². The van der Waals surface area contributed by atoms with Crippen LogP contribution in [0, 0.1) is 0 Å². The highest BCUT2D eigenvalue weighted by molar-refractivity contribution is 7.89. The van der Waals surface area contributed by atoms with Gasteiger partial charge in [-0.3, -0.25) is 9.69 Å². The Balaban J connectivity index is 1.98. The summed E-state index contributed by atoms with van der Waals surface area (Å²) in [4.78, 5) is 15.9. The van der Waals surface area contributed by atoms with Crippen molar-refractivity contribution < 1.29 is 13.2 Å². The van der Waals surface area contributed by atoms with Crippen LogP contribution in [0.5, 0.6) is 0 Å². The second-order valence-electron chi connectivity index (χ2n) is 6.97. The van der Waals surface area contributed by atoms with E-state index < -0.39 is 10.0 Å². The first kappa shape index (κ1) is 19.9. The maximum atomic E-state index is 12.4. The van der Waals surface area contributed by atoms with E-state index in [1.165, 1.54) is 0 Å². The van der Waals surface area contributed by atoms with Gasteiger partial charge in [0.2, 0.25) is 15.9 Å². The van der Waals surface area contributed by atoms with Crippen molar-refractivity contribution in [3.8, 4) is 0 Å². The van der Waals surface area contributed by atoms with E-state index in [0.29, 0.717) is 38.1 Å². The minimum atomic E-state index is -3.54. The van der Waals surface area contributed by atoms with E-state index in [1.807, 2.05) is 0 Å². The van der Waals surface area contributed by atoms with Crippen molar-refractivity contribution in [1.29, 1.82) is 0 Å². The summed E-state index contributed by atoms with van der Waals surface area (Å²) < 4.78 is 27.5. The molecule has 6 nitrogen and oxygen atoms in total. The number of carbonyl (C=O) groups excluding carboxylic acids is 1. The summed E-state index contributed by atoms with van der Waals surface area (Å²) in [6.45, 7) is 10.1. The summed E-state index contributed by atoms with van der Waals surface area (Å²) in [5.41, 5.74) is 0.757. The van der Waals surface area contributed by atoms with Gasteiger partial charge < -0.3 is 4.90 Å². The Morgan fingerprint density at radius 1 is 1.12 bits per heavy atom. The smallest absolute Gasteiger partial charge is 0.240 e. The Kier molecular flexibility index (Phi) is 6.59. The number of amides is 1. The normalized spacial score (nSPS) is 15.8.